The summed E-state index contributed by atoms with van der Waals surface area (Å²) in [7, 11) is 0. The van der Waals surface area contributed by atoms with Gasteiger partial charge in [0.2, 0.25) is 0 Å². The first-order valence-electron chi connectivity index (χ1n) is 7.30. The highest BCUT2D eigenvalue weighted by Gasteiger charge is 2.47. The van der Waals surface area contributed by atoms with Crippen LogP contribution in [0.5, 0.6) is 0 Å². The maximum atomic E-state index is 12.4. The average molecular weight is 268 g/mol. The highest BCUT2D eigenvalue weighted by atomic mass is 16.6. The highest BCUT2D eigenvalue weighted by molar-refractivity contribution is 5.78. The van der Waals surface area contributed by atoms with Gasteiger partial charge < -0.3 is 9.47 Å². The van der Waals surface area contributed by atoms with Gasteiger partial charge in [-0.1, -0.05) is 20.8 Å². The molecule has 1 heterocycles. The molecule has 1 saturated heterocycles. The van der Waals surface area contributed by atoms with E-state index >= 15 is 0 Å². The van der Waals surface area contributed by atoms with Crippen LogP contribution in [0.15, 0.2) is 0 Å². The third kappa shape index (κ3) is 2.49. The van der Waals surface area contributed by atoms with Crippen molar-refractivity contribution in [2.24, 2.45) is 17.3 Å². The lowest BCUT2D eigenvalue weighted by atomic mass is 9.77. The molecule has 0 radical (unpaired) electrons. The summed E-state index contributed by atoms with van der Waals surface area (Å²) in [6.07, 6.45) is 2.51. The van der Waals surface area contributed by atoms with Crippen molar-refractivity contribution in [2.45, 2.75) is 65.6 Å². The normalized spacial score (nSPS) is 32.9. The zero-order valence-corrected chi connectivity index (χ0v) is 12.3. The van der Waals surface area contributed by atoms with Crippen LogP contribution in [0.25, 0.3) is 0 Å². The van der Waals surface area contributed by atoms with Crippen molar-refractivity contribution < 1.29 is 19.1 Å². The van der Waals surface area contributed by atoms with E-state index in [1.165, 1.54) is 0 Å². The van der Waals surface area contributed by atoms with Crippen LogP contribution in [0, 0.1) is 17.3 Å². The van der Waals surface area contributed by atoms with Gasteiger partial charge in [-0.2, -0.15) is 0 Å². The third-order valence-corrected chi connectivity index (χ3v) is 5.07. The summed E-state index contributed by atoms with van der Waals surface area (Å²) in [5, 5.41) is 0. The summed E-state index contributed by atoms with van der Waals surface area (Å²) < 4.78 is 11.0. The predicted octanol–water partition coefficient (Wildman–Crippen LogP) is 2.70. The zero-order chi connectivity index (χ0) is 14.2. The number of hydrogen-bond donors (Lipinski definition) is 0. The molecule has 108 valence electrons. The summed E-state index contributed by atoms with van der Waals surface area (Å²) in [5.41, 5.74) is -0.459. The fourth-order valence-corrected chi connectivity index (χ4v) is 2.88. The van der Waals surface area contributed by atoms with E-state index in [0.29, 0.717) is 6.42 Å². The second-order valence-electron chi connectivity index (χ2n) is 6.35. The lowest BCUT2D eigenvalue weighted by Gasteiger charge is -2.34. The quantitative estimate of drug-likeness (QED) is 0.736. The molecule has 0 aromatic heterocycles. The van der Waals surface area contributed by atoms with Gasteiger partial charge in [-0.05, 0) is 32.1 Å². The fraction of sp³-hybridized carbons (Fsp3) is 0.867. The Morgan fingerprint density at radius 3 is 2.74 bits per heavy atom. The van der Waals surface area contributed by atoms with Crippen molar-refractivity contribution in [3.63, 3.8) is 0 Å². The van der Waals surface area contributed by atoms with E-state index in [2.05, 4.69) is 0 Å². The molecular weight excluding hydrogens is 244 g/mol. The second-order valence-corrected chi connectivity index (χ2v) is 6.35. The minimum Gasteiger partial charge on any atom is -0.458 e. The molecule has 1 aliphatic heterocycles. The largest absolute Gasteiger partial charge is 0.458 e. The molecule has 4 nitrogen and oxygen atoms in total. The number of ether oxygens (including phenoxy) is 2. The third-order valence-electron chi connectivity index (χ3n) is 5.07. The number of carbonyl (C=O) groups is 2. The number of rotatable bonds is 4. The molecule has 0 aromatic rings. The Morgan fingerprint density at radius 1 is 1.47 bits per heavy atom. The Hall–Kier alpha value is -1.06. The van der Waals surface area contributed by atoms with E-state index in [9.17, 15) is 9.59 Å². The minimum absolute atomic E-state index is 0.0302. The van der Waals surface area contributed by atoms with Crippen LogP contribution in [-0.2, 0) is 19.1 Å². The van der Waals surface area contributed by atoms with Crippen LogP contribution < -0.4 is 0 Å². The van der Waals surface area contributed by atoms with Crippen molar-refractivity contribution in [3.8, 4) is 0 Å². The van der Waals surface area contributed by atoms with Gasteiger partial charge in [-0.25, -0.2) is 0 Å². The van der Waals surface area contributed by atoms with Gasteiger partial charge in [0.25, 0.3) is 0 Å². The van der Waals surface area contributed by atoms with E-state index in [-0.39, 0.29) is 36.0 Å². The predicted molar refractivity (Wildman–Crippen MR) is 70.3 cm³/mol. The number of carbonyl (C=O) groups excluding carboxylic acids is 2. The number of fused-ring (bicyclic) bond motifs is 2. The van der Waals surface area contributed by atoms with Gasteiger partial charge in [0.15, 0.2) is 0 Å². The molecule has 2 fully saturated rings. The summed E-state index contributed by atoms with van der Waals surface area (Å²) >= 11 is 0. The Labute approximate surface area is 114 Å². The molecule has 4 unspecified atom stereocenters. The standard InChI is InChI=1S/C15H24O4/c1-5-15(4,9(2)3)14(17)19-11-7-6-10-8-12(11)18-13(10)16/h9-12H,5-8H2,1-4H3. The lowest BCUT2D eigenvalue weighted by molar-refractivity contribution is -0.173. The van der Waals surface area contributed by atoms with E-state index < -0.39 is 5.41 Å². The van der Waals surface area contributed by atoms with Crippen LogP contribution in [-0.4, -0.2) is 24.1 Å². The Kier molecular flexibility index (Phi) is 3.88. The first-order valence-corrected chi connectivity index (χ1v) is 7.30. The van der Waals surface area contributed by atoms with E-state index in [1.807, 2.05) is 27.7 Å². The first kappa shape index (κ1) is 14.4. The molecule has 4 atom stereocenters. The average Bonchev–Trinajstić information content (AvgIpc) is 2.68. The van der Waals surface area contributed by atoms with Gasteiger partial charge in [0, 0.05) is 6.42 Å². The first-order chi connectivity index (χ1) is 8.88. The zero-order valence-electron chi connectivity index (χ0n) is 12.3. The molecule has 0 N–H and O–H groups in total. The maximum absolute atomic E-state index is 12.4. The van der Waals surface area contributed by atoms with Crippen molar-refractivity contribution in [1.82, 2.24) is 0 Å². The monoisotopic (exact) mass is 268 g/mol. The van der Waals surface area contributed by atoms with Gasteiger partial charge >= 0.3 is 11.9 Å². The molecule has 4 heteroatoms. The summed E-state index contributed by atoms with van der Waals surface area (Å²) in [6, 6.07) is 0. The molecule has 2 bridgehead atoms. The van der Waals surface area contributed by atoms with Crippen molar-refractivity contribution >= 4 is 11.9 Å². The molecule has 19 heavy (non-hydrogen) atoms. The summed E-state index contributed by atoms with van der Waals surface area (Å²) in [4.78, 5) is 23.9. The maximum Gasteiger partial charge on any atom is 0.312 e. The van der Waals surface area contributed by atoms with E-state index in [4.69, 9.17) is 9.47 Å². The Bertz CT molecular complexity index is 376. The van der Waals surface area contributed by atoms with E-state index in [0.717, 1.165) is 19.3 Å². The fourth-order valence-electron chi connectivity index (χ4n) is 2.88. The lowest BCUT2D eigenvalue weighted by Crippen LogP contribution is -2.41. The van der Waals surface area contributed by atoms with Crippen LogP contribution >= 0.6 is 0 Å². The highest BCUT2D eigenvalue weighted by Crippen LogP contribution is 2.38. The molecule has 0 spiro atoms. The van der Waals surface area contributed by atoms with Crippen LogP contribution in [0.1, 0.15) is 53.4 Å². The van der Waals surface area contributed by atoms with Gasteiger partial charge in [-0.3, -0.25) is 9.59 Å². The number of esters is 2. The molecule has 2 rings (SSSR count). The van der Waals surface area contributed by atoms with Crippen LogP contribution in [0.3, 0.4) is 0 Å². The van der Waals surface area contributed by atoms with Crippen LogP contribution in [0.2, 0.25) is 0 Å². The molecule has 2 aliphatic rings. The molecular formula is C15H24O4. The smallest absolute Gasteiger partial charge is 0.312 e. The SMILES string of the molecule is CCC(C)(C(=O)OC1CCC2CC1OC2=O)C(C)C. The molecule has 0 amide bonds. The summed E-state index contributed by atoms with van der Waals surface area (Å²) in [6.45, 7) is 8.04. The van der Waals surface area contributed by atoms with Crippen molar-refractivity contribution in [1.29, 1.82) is 0 Å². The number of hydrogen-bond acceptors (Lipinski definition) is 4. The van der Waals surface area contributed by atoms with Crippen molar-refractivity contribution in [2.75, 3.05) is 0 Å². The Morgan fingerprint density at radius 2 is 2.16 bits per heavy atom. The second kappa shape index (κ2) is 5.14. The topological polar surface area (TPSA) is 52.6 Å². The van der Waals surface area contributed by atoms with Crippen molar-refractivity contribution in [3.05, 3.63) is 0 Å². The molecule has 1 saturated carbocycles. The molecule has 0 aromatic carbocycles. The molecule has 1 aliphatic carbocycles. The van der Waals surface area contributed by atoms with Gasteiger partial charge in [0.1, 0.15) is 12.2 Å². The van der Waals surface area contributed by atoms with Crippen LogP contribution in [0.4, 0.5) is 0 Å². The van der Waals surface area contributed by atoms with Gasteiger partial charge in [-0.15, -0.1) is 0 Å². The van der Waals surface area contributed by atoms with E-state index in [1.54, 1.807) is 0 Å². The minimum atomic E-state index is -0.459. The summed E-state index contributed by atoms with van der Waals surface area (Å²) in [5.74, 6) is -0.0165. The Balaban J connectivity index is 2.01. The van der Waals surface area contributed by atoms with Gasteiger partial charge in [0.05, 0.1) is 11.3 Å².